The van der Waals surface area contributed by atoms with Crippen molar-refractivity contribution in [3.05, 3.63) is 12.7 Å². The quantitative estimate of drug-likeness (QED) is 0.0204. The number of ether oxygens (including phenoxy) is 1. The summed E-state index contributed by atoms with van der Waals surface area (Å²) in [6.45, 7) is 14.2. The van der Waals surface area contributed by atoms with Gasteiger partial charge in [0.25, 0.3) is 0 Å². The number of imidazole rings is 1. The molecule has 2 aromatic heterocycles. The van der Waals surface area contributed by atoms with Crippen molar-refractivity contribution < 1.29 is 62.5 Å². The first-order chi connectivity index (χ1) is 36.0. The topological polar surface area (TPSA) is 345 Å². The zero-order chi connectivity index (χ0) is 56.8. The summed E-state index contributed by atoms with van der Waals surface area (Å²) >= 11 is 0. The minimum absolute atomic E-state index is 0.124. The van der Waals surface area contributed by atoms with Gasteiger partial charge in [-0.15, -0.1) is 0 Å². The van der Waals surface area contributed by atoms with Crippen LogP contribution in [0.3, 0.4) is 0 Å². The molecule has 432 valence electrons. The number of carboxylic acids is 2. The summed E-state index contributed by atoms with van der Waals surface area (Å²) in [5.41, 5.74) is 6.73. The highest BCUT2D eigenvalue weighted by molar-refractivity contribution is 8.76. The minimum atomic E-state index is -4.22. The number of carboxylic acid groups (broad SMARTS) is 2. The van der Waals surface area contributed by atoms with Crippen LogP contribution in [0.25, 0.3) is 11.2 Å². The molecule has 1 unspecified atom stereocenters. The predicted octanol–water partition coefficient (Wildman–Crippen LogP) is 6.18. The van der Waals surface area contributed by atoms with Gasteiger partial charge < -0.3 is 61.3 Å². The van der Waals surface area contributed by atoms with Crippen LogP contribution in [-0.4, -0.2) is 137 Å². The van der Waals surface area contributed by atoms with Gasteiger partial charge in [-0.25, -0.2) is 19.7 Å². The molecule has 0 radical (unpaired) electrons. The van der Waals surface area contributed by atoms with Gasteiger partial charge >= 0.3 is 19.5 Å². The van der Waals surface area contributed by atoms with Crippen molar-refractivity contribution in [3.8, 4) is 0 Å². The number of anilines is 1. The Hall–Kier alpha value is -4.55. The molecule has 0 aliphatic rings. The zero-order valence-corrected chi connectivity index (χ0v) is 48.3. The summed E-state index contributed by atoms with van der Waals surface area (Å²) in [4.78, 5) is 114. The molecule has 0 spiro atoms. The Labute approximate surface area is 456 Å². The first-order valence-electron chi connectivity index (χ1n) is 26.7. The lowest BCUT2D eigenvalue weighted by atomic mass is 9.97. The van der Waals surface area contributed by atoms with Crippen LogP contribution in [0.1, 0.15) is 158 Å². The average molecular weight is 1130 g/mol. The number of nitrogens with one attached hydrogen (secondary N) is 5. The van der Waals surface area contributed by atoms with E-state index in [1.54, 1.807) is 53.0 Å². The fourth-order valence-corrected chi connectivity index (χ4v) is 10.9. The summed E-state index contributed by atoms with van der Waals surface area (Å²) < 4.78 is 25.3. The van der Waals surface area contributed by atoms with E-state index in [1.165, 1.54) is 70.4 Å². The third-order valence-electron chi connectivity index (χ3n) is 12.3. The number of aliphatic carboxylic acids is 2. The molecular formula is C50H87N10O13PS2. The van der Waals surface area contributed by atoms with Crippen LogP contribution in [0.4, 0.5) is 5.82 Å². The molecule has 0 saturated heterocycles. The third kappa shape index (κ3) is 26.7. The maximum Gasteiger partial charge on any atom is 0.353 e. The van der Waals surface area contributed by atoms with Crippen molar-refractivity contribution in [3.63, 3.8) is 0 Å². The number of hydrogen-bond acceptors (Lipinski definition) is 16. The van der Waals surface area contributed by atoms with Crippen LogP contribution in [-0.2, 0) is 53.9 Å². The number of rotatable bonds is 42. The lowest BCUT2D eigenvalue weighted by Crippen LogP contribution is -2.61. The average Bonchev–Trinajstić information content (AvgIpc) is 3.76. The molecule has 7 atom stereocenters. The Bertz CT molecular complexity index is 2170. The predicted molar refractivity (Wildman–Crippen MR) is 295 cm³/mol. The third-order valence-corrected chi connectivity index (χ3v) is 15.8. The fraction of sp³-hybridized carbons (Fsp3) is 0.760. The maximum absolute atomic E-state index is 14.0. The number of nitrogens with two attached hydrogens (primary N) is 1. The molecule has 26 heteroatoms. The van der Waals surface area contributed by atoms with E-state index in [1.807, 2.05) is 0 Å². The second kappa shape index (κ2) is 36.5. The standard InChI is InChI=1S/C50H87N10O13PS2/c1-9-10-11-12-13-14-15-16-17-18-19-20-21-22-38(61)57-40(32(2)3)48(66)59-42(34(6)7)49(67)58-41(33(4)5)47(65)56-37(46(64)55-36(50(68)69)23-24-39(62)63)28-76-75-26-25-73-74(70,71)31-72-35(8)27-60-30-54-43-44(51)52-29-53-45(43)60/h29-30,32-37,40-42H,9-28,31H2,1-8H3,(H,55,64)(H,56,65)(H,57,61)(H,58,67)(H,59,66)(H,62,63)(H,68,69)(H,70,71)(H2,51,52,53)/t35-,36+,37+,40+,41+,42+/m1/s1. The summed E-state index contributed by atoms with van der Waals surface area (Å²) in [6, 6.07) is -6.36. The molecule has 76 heavy (non-hydrogen) atoms. The number of amides is 5. The molecule has 0 fully saturated rings. The Morgan fingerprint density at radius 2 is 1.18 bits per heavy atom. The van der Waals surface area contributed by atoms with Crippen LogP contribution in [0.5, 0.6) is 0 Å². The van der Waals surface area contributed by atoms with E-state index < -0.39 is 111 Å². The van der Waals surface area contributed by atoms with Crippen molar-refractivity contribution in [1.29, 1.82) is 0 Å². The van der Waals surface area contributed by atoms with Gasteiger partial charge in [-0.3, -0.25) is 33.3 Å². The van der Waals surface area contributed by atoms with Crippen LogP contribution in [0.2, 0.25) is 0 Å². The van der Waals surface area contributed by atoms with Gasteiger partial charge in [0.1, 0.15) is 48.4 Å². The van der Waals surface area contributed by atoms with E-state index >= 15 is 0 Å². The molecule has 23 nitrogen and oxygen atoms in total. The van der Waals surface area contributed by atoms with Crippen molar-refractivity contribution in [2.45, 2.75) is 201 Å². The second-order valence-electron chi connectivity index (χ2n) is 20.1. The highest BCUT2D eigenvalue weighted by Crippen LogP contribution is 2.42. The molecule has 0 bridgehead atoms. The minimum Gasteiger partial charge on any atom is -0.481 e. The van der Waals surface area contributed by atoms with Gasteiger partial charge in [0.15, 0.2) is 11.5 Å². The second-order valence-corrected chi connectivity index (χ2v) is 24.6. The number of carbonyl (C=O) groups excluding carboxylic acids is 5. The SMILES string of the molecule is CCCCCCCCCCCCCCCC(=O)N[C@H](C(=O)N[C@H](C(=O)N[C@H](C(=O)N[C@@H](CSSCCOP(=O)(O)CO[C@H](C)Cn1cnc2c(N)ncnc21)C(=O)N[C@@H](CCC(=O)O)C(=O)O)C(C)C)C(C)C)C(C)C. The molecular weight excluding hydrogens is 1040 g/mol. The molecule has 2 heterocycles. The molecule has 0 saturated carbocycles. The highest BCUT2D eigenvalue weighted by Gasteiger charge is 2.35. The molecule has 0 aliphatic heterocycles. The normalized spacial score (nSPS) is 14.8. The number of fused-ring (bicyclic) bond motifs is 1. The molecule has 5 amide bonds. The Kier molecular flexibility index (Phi) is 32.5. The van der Waals surface area contributed by atoms with Crippen molar-refractivity contribution >= 4 is 87.6 Å². The van der Waals surface area contributed by atoms with E-state index in [0.29, 0.717) is 17.6 Å². The van der Waals surface area contributed by atoms with Crippen molar-refractivity contribution in [2.75, 3.05) is 30.2 Å². The maximum atomic E-state index is 14.0. The molecule has 0 aliphatic carbocycles. The van der Waals surface area contributed by atoms with E-state index in [4.69, 9.17) is 20.1 Å². The number of aromatic nitrogens is 4. The molecule has 2 rings (SSSR count). The monoisotopic (exact) mass is 1130 g/mol. The van der Waals surface area contributed by atoms with E-state index in [9.17, 15) is 48.1 Å². The summed E-state index contributed by atoms with van der Waals surface area (Å²) in [6.07, 6.45) is 16.1. The van der Waals surface area contributed by atoms with Gasteiger partial charge in [-0.05, 0) is 37.5 Å². The first kappa shape index (κ1) is 67.6. The van der Waals surface area contributed by atoms with Gasteiger partial charge in [-0.2, -0.15) is 0 Å². The van der Waals surface area contributed by atoms with Gasteiger partial charge in [0.2, 0.25) is 29.5 Å². The van der Waals surface area contributed by atoms with Crippen molar-refractivity contribution in [1.82, 2.24) is 46.1 Å². The highest BCUT2D eigenvalue weighted by atomic mass is 33.1. The van der Waals surface area contributed by atoms with Gasteiger partial charge in [0, 0.05) is 24.3 Å². The van der Waals surface area contributed by atoms with Crippen molar-refractivity contribution in [2.24, 2.45) is 17.8 Å². The Morgan fingerprint density at radius 1 is 0.671 bits per heavy atom. The van der Waals surface area contributed by atoms with E-state index in [0.717, 1.165) is 40.9 Å². The zero-order valence-electron chi connectivity index (χ0n) is 45.8. The Balaban J connectivity index is 2.01. The number of hydrogen-bond donors (Lipinski definition) is 9. The first-order valence-corrected chi connectivity index (χ1v) is 30.9. The lowest BCUT2D eigenvalue weighted by molar-refractivity contribution is -0.143. The molecule has 10 N–H and O–H groups in total. The number of unbranched alkanes of at least 4 members (excludes halogenated alkanes) is 12. The van der Waals surface area contributed by atoms with E-state index in [2.05, 4.69) is 48.5 Å². The smallest absolute Gasteiger partial charge is 0.353 e. The van der Waals surface area contributed by atoms with E-state index in [-0.39, 0.29) is 48.7 Å². The number of carbonyl (C=O) groups is 7. The lowest BCUT2D eigenvalue weighted by Gasteiger charge is -2.30. The van der Waals surface area contributed by atoms with Gasteiger partial charge in [0.05, 0.1) is 25.6 Å². The van der Waals surface area contributed by atoms with Crippen LogP contribution >= 0.6 is 29.2 Å². The number of nitrogens with zero attached hydrogens (tertiary/aromatic N) is 4. The molecule has 2 aromatic rings. The van der Waals surface area contributed by atoms with Crippen LogP contribution in [0.15, 0.2) is 12.7 Å². The van der Waals surface area contributed by atoms with Crippen LogP contribution in [0, 0.1) is 17.8 Å². The fourth-order valence-electron chi connectivity index (χ4n) is 7.89. The van der Waals surface area contributed by atoms with Gasteiger partial charge in [-0.1, -0.05) is 147 Å². The summed E-state index contributed by atoms with van der Waals surface area (Å²) in [7, 11) is -2.05. The number of nitrogen functional groups attached to an aromatic ring is 1. The van der Waals surface area contributed by atoms with Crippen LogP contribution < -0.4 is 32.3 Å². The Morgan fingerprint density at radius 3 is 1.71 bits per heavy atom. The summed E-state index contributed by atoms with van der Waals surface area (Å²) in [5.74, 6) is -7.25. The largest absolute Gasteiger partial charge is 0.481 e. The summed E-state index contributed by atoms with van der Waals surface area (Å²) in [5, 5.41) is 32.1. The molecule has 0 aromatic carbocycles.